The Morgan fingerprint density at radius 1 is 1.40 bits per heavy atom. The first-order valence-corrected chi connectivity index (χ1v) is 7.86. The molecule has 0 aromatic carbocycles. The second-order valence-corrected chi connectivity index (χ2v) is 7.03. The largest absolute Gasteiger partial charge is 0.444 e. The van der Waals surface area contributed by atoms with Crippen LogP contribution in [0.15, 0.2) is 0 Å². The minimum Gasteiger partial charge on any atom is -0.444 e. The summed E-state index contributed by atoms with van der Waals surface area (Å²) in [5.74, 6) is 0.553. The van der Waals surface area contributed by atoms with E-state index in [-0.39, 0.29) is 6.09 Å². The summed E-state index contributed by atoms with van der Waals surface area (Å²) in [5.41, 5.74) is -0.405. The van der Waals surface area contributed by atoms with E-state index >= 15 is 0 Å². The van der Waals surface area contributed by atoms with Crippen LogP contribution in [0.25, 0.3) is 0 Å². The van der Waals surface area contributed by atoms with Crippen molar-refractivity contribution in [2.75, 3.05) is 32.7 Å². The molecule has 2 aliphatic heterocycles. The zero-order valence-corrected chi connectivity index (χ0v) is 13.1. The lowest BCUT2D eigenvalue weighted by molar-refractivity contribution is 0.0165. The molecule has 2 heterocycles. The molecule has 5 heteroatoms. The van der Waals surface area contributed by atoms with Gasteiger partial charge in [-0.05, 0) is 59.0 Å². The fourth-order valence-corrected chi connectivity index (χ4v) is 2.89. The number of hydrogen-bond donors (Lipinski definition) is 2. The highest BCUT2D eigenvalue weighted by molar-refractivity contribution is 5.68. The lowest BCUT2D eigenvalue weighted by atomic mass is 9.98. The fourth-order valence-electron chi connectivity index (χ4n) is 2.89. The Hall–Kier alpha value is -0.810. The van der Waals surface area contributed by atoms with E-state index in [9.17, 15) is 4.79 Å². The van der Waals surface area contributed by atoms with Gasteiger partial charge in [0.2, 0.25) is 0 Å². The van der Waals surface area contributed by atoms with Gasteiger partial charge in [-0.25, -0.2) is 4.79 Å². The van der Waals surface area contributed by atoms with Gasteiger partial charge in [0.1, 0.15) is 5.60 Å². The monoisotopic (exact) mass is 283 g/mol. The molecule has 5 nitrogen and oxygen atoms in total. The van der Waals surface area contributed by atoms with Crippen molar-refractivity contribution in [3.63, 3.8) is 0 Å². The first-order valence-electron chi connectivity index (χ1n) is 7.86. The Labute approximate surface area is 122 Å². The molecule has 0 saturated carbocycles. The van der Waals surface area contributed by atoms with E-state index < -0.39 is 5.60 Å². The third kappa shape index (κ3) is 4.94. The second-order valence-electron chi connectivity index (χ2n) is 7.03. The summed E-state index contributed by atoms with van der Waals surface area (Å²) in [6.45, 7) is 10.6. The van der Waals surface area contributed by atoms with Gasteiger partial charge < -0.3 is 20.3 Å². The quantitative estimate of drug-likeness (QED) is 0.826. The Balaban J connectivity index is 1.74. The molecule has 0 spiro atoms. The van der Waals surface area contributed by atoms with Crippen molar-refractivity contribution in [1.29, 1.82) is 0 Å². The van der Waals surface area contributed by atoms with E-state index in [4.69, 9.17) is 4.74 Å². The zero-order chi connectivity index (χ0) is 14.6. The molecule has 0 aliphatic carbocycles. The fraction of sp³-hybridized carbons (Fsp3) is 0.933. The number of rotatable bonds is 3. The highest BCUT2D eigenvalue weighted by atomic mass is 16.6. The molecule has 116 valence electrons. The van der Waals surface area contributed by atoms with Crippen LogP contribution in [0.1, 0.15) is 40.0 Å². The lowest BCUT2D eigenvalue weighted by Crippen LogP contribution is -2.46. The first kappa shape index (κ1) is 15.6. The molecule has 20 heavy (non-hydrogen) atoms. The predicted octanol–water partition coefficient (Wildman–Crippen LogP) is 1.59. The molecular formula is C15H29N3O2. The van der Waals surface area contributed by atoms with Crippen LogP contribution >= 0.6 is 0 Å². The maximum absolute atomic E-state index is 12.1. The van der Waals surface area contributed by atoms with Crippen molar-refractivity contribution in [3.8, 4) is 0 Å². The van der Waals surface area contributed by atoms with Gasteiger partial charge in [0.25, 0.3) is 0 Å². The van der Waals surface area contributed by atoms with Gasteiger partial charge in [0, 0.05) is 25.7 Å². The second kappa shape index (κ2) is 6.76. The first-order chi connectivity index (χ1) is 9.44. The summed E-state index contributed by atoms with van der Waals surface area (Å²) in [6.07, 6.45) is 3.33. The number of nitrogens with zero attached hydrogens (tertiary/aromatic N) is 1. The highest BCUT2D eigenvalue weighted by Gasteiger charge is 2.28. The number of carbonyl (C=O) groups is 1. The summed E-state index contributed by atoms with van der Waals surface area (Å²) in [5, 5.41) is 6.98. The van der Waals surface area contributed by atoms with Crippen LogP contribution in [0.3, 0.4) is 0 Å². The Morgan fingerprint density at radius 2 is 2.20 bits per heavy atom. The predicted molar refractivity (Wildman–Crippen MR) is 79.8 cm³/mol. The summed E-state index contributed by atoms with van der Waals surface area (Å²) < 4.78 is 5.46. The van der Waals surface area contributed by atoms with Crippen molar-refractivity contribution in [2.24, 2.45) is 5.92 Å². The van der Waals surface area contributed by atoms with Crippen molar-refractivity contribution in [1.82, 2.24) is 15.5 Å². The van der Waals surface area contributed by atoms with Gasteiger partial charge >= 0.3 is 6.09 Å². The summed E-state index contributed by atoms with van der Waals surface area (Å²) in [4.78, 5) is 14.0. The summed E-state index contributed by atoms with van der Waals surface area (Å²) >= 11 is 0. The summed E-state index contributed by atoms with van der Waals surface area (Å²) in [7, 11) is 0. The van der Waals surface area contributed by atoms with Gasteiger partial charge in [0.05, 0.1) is 0 Å². The number of ether oxygens (including phenoxy) is 1. The van der Waals surface area contributed by atoms with Crippen LogP contribution in [-0.4, -0.2) is 55.4 Å². The maximum atomic E-state index is 12.1. The third-order valence-corrected chi connectivity index (χ3v) is 3.93. The normalized spacial score (nSPS) is 27.6. The van der Waals surface area contributed by atoms with Gasteiger partial charge in [-0.1, -0.05) is 0 Å². The molecule has 2 rings (SSSR count). The van der Waals surface area contributed by atoms with E-state index in [1.54, 1.807) is 0 Å². The third-order valence-electron chi connectivity index (χ3n) is 3.93. The van der Waals surface area contributed by atoms with Crippen LogP contribution in [0, 0.1) is 5.92 Å². The molecule has 2 fully saturated rings. The molecule has 2 saturated heterocycles. The topological polar surface area (TPSA) is 53.6 Å². The zero-order valence-electron chi connectivity index (χ0n) is 13.1. The highest BCUT2D eigenvalue weighted by Crippen LogP contribution is 2.19. The number of amides is 1. The average Bonchev–Trinajstić information content (AvgIpc) is 2.88. The van der Waals surface area contributed by atoms with E-state index in [0.717, 1.165) is 39.1 Å². The van der Waals surface area contributed by atoms with Crippen molar-refractivity contribution in [2.45, 2.75) is 51.7 Å². The Morgan fingerprint density at radius 3 is 2.85 bits per heavy atom. The van der Waals surface area contributed by atoms with Crippen LogP contribution in [0.2, 0.25) is 0 Å². The standard InChI is InChI=1S/C15H29N3O2/c1-15(2,3)20-14(19)18-8-4-5-12(11-18)9-17-13-6-7-16-10-13/h12-13,16-17H,4-11H2,1-3H3. The SMILES string of the molecule is CC(C)(C)OC(=O)N1CCCC(CNC2CCNC2)C1. The van der Waals surface area contributed by atoms with Crippen LogP contribution in [-0.2, 0) is 4.74 Å². The molecule has 0 bridgehead atoms. The molecule has 2 aliphatic rings. The molecular weight excluding hydrogens is 254 g/mol. The minimum absolute atomic E-state index is 0.162. The Kier molecular flexibility index (Phi) is 5.27. The molecule has 0 radical (unpaired) electrons. The van der Waals surface area contributed by atoms with Gasteiger partial charge in [-0.2, -0.15) is 0 Å². The maximum Gasteiger partial charge on any atom is 0.410 e. The molecule has 2 unspecified atom stereocenters. The summed E-state index contributed by atoms with van der Waals surface area (Å²) in [6, 6.07) is 0.604. The Bertz CT molecular complexity index is 322. The smallest absolute Gasteiger partial charge is 0.410 e. The number of nitrogens with one attached hydrogen (secondary N) is 2. The molecule has 1 amide bonds. The van der Waals surface area contributed by atoms with Gasteiger partial charge in [-0.15, -0.1) is 0 Å². The van der Waals surface area contributed by atoms with Crippen LogP contribution < -0.4 is 10.6 Å². The molecule has 2 atom stereocenters. The number of likely N-dealkylation sites (tertiary alicyclic amines) is 1. The van der Waals surface area contributed by atoms with Crippen LogP contribution in [0.4, 0.5) is 4.79 Å². The van der Waals surface area contributed by atoms with Crippen molar-refractivity contribution in [3.05, 3.63) is 0 Å². The molecule has 0 aromatic rings. The van der Waals surface area contributed by atoms with E-state index in [1.165, 1.54) is 12.8 Å². The number of carbonyl (C=O) groups excluding carboxylic acids is 1. The van der Waals surface area contributed by atoms with E-state index in [2.05, 4.69) is 10.6 Å². The van der Waals surface area contributed by atoms with E-state index in [0.29, 0.717) is 12.0 Å². The number of piperidine rings is 1. The van der Waals surface area contributed by atoms with Crippen LogP contribution in [0.5, 0.6) is 0 Å². The molecule has 2 N–H and O–H groups in total. The average molecular weight is 283 g/mol. The lowest BCUT2D eigenvalue weighted by Gasteiger charge is -2.34. The van der Waals surface area contributed by atoms with Crippen molar-refractivity contribution < 1.29 is 9.53 Å². The molecule has 0 aromatic heterocycles. The van der Waals surface area contributed by atoms with Gasteiger partial charge in [-0.3, -0.25) is 0 Å². The van der Waals surface area contributed by atoms with Crippen molar-refractivity contribution >= 4 is 6.09 Å². The minimum atomic E-state index is -0.405. The van der Waals surface area contributed by atoms with E-state index in [1.807, 2.05) is 25.7 Å². The van der Waals surface area contributed by atoms with Gasteiger partial charge in [0.15, 0.2) is 0 Å². The number of hydrogen-bond acceptors (Lipinski definition) is 4.